The smallest absolute Gasteiger partial charge is 0.0361 e. The molecule has 0 saturated carbocycles. The van der Waals surface area contributed by atoms with Crippen molar-refractivity contribution < 1.29 is 0 Å². The van der Waals surface area contributed by atoms with Gasteiger partial charge in [0.2, 0.25) is 0 Å². The largest absolute Gasteiger partial charge is 0.135 e. The summed E-state index contributed by atoms with van der Waals surface area (Å²) in [6.07, 6.45) is 0. The van der Waals surface area contributed by atoms with E-state index in [1.807, 2.05) is 23.1 Å². The van der Waals surface area contributed by atoms with Crippen LogP contribution in [0.5, 0.6) is 0 Å². The minimum Gasteiger partial charge on any atom is -0.135 e. The Morgan fingerprint density at radius 2 is 1.08 bits per heavy atom. The lowest BCUT2D eigenvalue weighted by Crippen LogP contribution is -1.94. The highest BCUT2D eigenvalue weighted by atomic mass is 32.2. The lowest BCUT2D eigenvalue weighted by molar-refractivity contribution is 1.40. The molecule has 36 heavy (non-hydrogen) atoms. The Morgan fingerprint density at radius 3 is 2.06 bits per heavy atom. The van der Waals surface area contributed by atoms with Crippen LogP contribution in [0.3, 0.4) is 0 Å². The first kappa shape index (κ1) is 20.4. The van der Waals surface area contributed by atoms with Crippen molar-refractivity contribution in [1.82, 2.24) is 0 Å². The van der Waals surface area contributed by atoms with Crippen LogP contribution in [0.1, 0.15) is 0 Å². The Kier molecular flexibility index (Phi) is 4.42. The van der Waals surface area contributed by atoms with E-state index in [2.05, 4.69) is 121 Å². The molecule has 0 radical (unpaired) electrons. The van der Waals surface area contributed by atoms with Crippen molar-refractivity contribution in [2.75, 3.05) is 0 Å². The molecule has 2 heteroatoms. The number of hydrogen-bond donors (Lipinski definition) is 0. The molecule has 6 aromatic carbocycles. The maximum absolute atomic E-state index is 2.37. The standard InChI is InChI=1S/C34H20S2/c1-3-15-29-25(10-1)27-14-6-13-26-23(18-19-32(35-29)34(26)27)21-8-5-9-22(20-21)24-12-7-17-31-33(24)28-11-2-4-16-30(28)36-31/h1-20H. The molecule has 7 aromatic rings. The van der Waals surface area contributed by atoms with Gasteiger partial charge in [0.05, 0.1) is 0 Å². The Balaban J connectivity index is 1.35. The molecule has 1 aliphatic rings. The van der Waals surface area contributed by atoms with E-state index >= 15 is 0 Å². The van der Waals surface area contributed by atoms with Gasteiger partial charge in [0.25, 0.3) is 0 Å². The Bertz CT molecular complexity index is 1980. The van der Waals surface area contributed by atoms with Crippen LogP contribution >= 0.6 is 23.1 Å². The summed E-state index contributed by atoms with van der Waals surface area (Å²) >= 11 is 3.76. The number of hydrogen-bond acceptors (Lipinski definition) is 2. The molecule has 2 heterocycles. The molecular formula is C34H20S2. The molecule has 0 bridgehead atoms. The van der Waals surface area contributed by atoms with E-state index < -0.39 is 0 Å². The normalized spacial score (nSPS) is 12.3. The van der Waals surface area contributed by atoms with Crippen molar-refractivity contribution in [2.24, 2.45) is 0 Å². The highest BCUT2D eigenvalue weighted by molar-refractivity contribution is 7.99. The molecule has 0 spiro atoms. The summed E-state index contributed by atoms with van der Waals surface area (Å²) in [5.41, 5.74) is 7.80. The Morgan fingerprint density at radius 1 is 0.389 bits per heavy atom. The molecule has 1 aromatic heterocycles. The van der Waals surface area contributed by atoms with Gasteiger partial charge in [0.15, 0.2) is 0 Å². The molecule has 8 rings (SSSR count). The molecular weight excluding hydrogens is 473 g/mol. The van der Waals surface area contributed by atoms with Gasteiger partial charge in [-0.2, -0.15) is 0 Å². The summed E-state index contributed by atoms with van der Waals surface area (Å²) in [5, 5.41) is 5.40. The number of fused-ring (bicyclic) bond motifs is 5. The van der Waals surface area contributed by atoms with Gasteiger partial charge in [0.1, 0.15) is 0 Å². The summed E-state index contributed by atoms with van der Waals surface area (Å²) in [6, 6.07) is 44.7. The zero-order chi connectivity index (χ0) is 23.6. The third-order valence-electron chi connectivity index (χ3n) is 7.29. The van der Waals surface area contributed by atoms with Gasteiger partial charge in [-0.1, -0.05) is 103 Å². The molecule has 0 saturated heterocycles. The summed E-state index contributed by atoms with van der Waals surface area (Å²) in [6.45, 7) is 0. The first-order valence-corrected chi connectivity index (χ1v) is 13.8. The average Bonchev–Trinajstić information content (AvgIpc) is 3.32. The quantitative estimate of drug-likeness (QED) is 0.231. The van der Waals surface area contributed by atoms with Crippen molar-refractivity contribution in [2.45, 2.75) is 9.79 Å². The van der Waals surface area contributed by atoms with E-state index in [1.165, 1.54) is 74.1 Å². The van der Waals surface area contributed by atoms with Gasteiger partial charge >= 0.3 is 0 Å². The van der Waals surface area contributed by atoms with E-state index in [9.17, 15) is 0 Å². The molecule has 0 amide bonds. The summed E-state index contributed by atoms with van der Waals surface area (Å²) < 4.78 is 2.69. The monoisotopic (exact) mass is 492 g/mol. The van der Waals surface area contributed by atoms with Crippen LogP contribution in [0.4, 0.5) is 0 Å². The maximum Gasteiger partial charge on any atom is 0.0361 e. The topological polar surface area (TPSA) is 0 Å². The van der Waals surface area contributed by atoms with E-state index in [0.29, 0.717) is 0 Å². The van der Waals surface area contributed by atoms with Gasteiger partial charge < -0.3 is 0 Å². The molecule has 0 atom stereocenters. The zero-order valence-corrected chi connectivity index (χ0v) is 21.0. The SMILES string of the molecule is c1cc(-c2ccc3c4c(cccc24)-c2ccccc2S3)cc(-c2cccc3sc4ccccc4c23)c1. The van der Waals surface area contributed by atoms with Gasteiger partial charge in [-0.15, -0.1) is 11.3 Å². The second-order valence-electron chi connectivity index (χ2n) is 9.30. The van der Waals surface area contributed by atoms with E-state index in [-0.39, 0.29) is 0 Å². The molecule has 0 aliphatic carbocycles. The van der Waals surface area contributed by atoms with Gasteiger partial charge in [-0.25, -0.2) is 0 Å². The second kappa shape index (κ2) is 7.83. The van der Waals surface area contributed by atoms with Crippen LogP contribution in [0, 0.1) is 0 Å². The fraction of sp³-hybridized carbons (Fsp3) is 0. The van der Waals surface area contributed by atoms with Gasteiger partial charge in [-0.05, 0) is 69.1 Å². The Hall–Kier alpha value is -3.85. The number of thiophene rings is 1. The third-order valence-corrected chi connectivity index (χ3v) is 9.56. The van der Waals surface area contributed by atoms with Crippen molar-refractivity contribution in [3.8, 4) is 33.4 Å². The van der Waals surface area contributed by atoms with E-state index in [1.54, 1.807) is 0 Å². The second-order valence-corrected chi connectivity index (χ2v) is 11.5. The third kappa shape index (κ3) is 2.95. The minimum absolute atomic E-state index is 1.26. The minimum atomic E-state index is 1.26. The zero-order valence-electron chi connectivity index (χ0n) is 19.4. The van der Waals surface area contributed by atoms with Crippen molar-refractivity contribution >= 4 is 54.0 Å². The Labute approximate surface area is 217 Å². The molecule has 0 N–H and O–H groups in total. The van der Waals surface area contributed by atoms with Gasteiger partial charge in [0, 0.05) is 35.3 Å². The predicted octanol–water partition coefficient (Wildman–Crippen LogP) is 10.7. The summed E-state index contributed by atoms with van der Waals surface area (Å²) in [7, 11) is 0. The van der Waals surface area contributed by atoms with E-state index in [4.69, 9.17) is 0 Å². The van der Waals surface area contributed by atoms with Crippen LogP contribution in [-0.4, -0.2) is 0 Å². The first-order valence-electron chi connectivity index (χ1n) is 12.2. The fourth-order valence-electron chi connectivity index (χ4n) is 5.70. The molecule has 1 aliphatic heterocycles. The average molecular weight is 493 g/mol. The highest BCUT2D eigenvalue weighted by Crippen LogP contribution is 2.49. The number of benzene rings is 6. The number of rotatable bonds is 2. The summed E-state index contributed by atoms with van der Waals surface area (Å²) in [4.78, 5) is 2.68. The van der Waals surface area contributed by atoms with Gasteiger partial charge in [-0.3, -0.25) is 0 Å². The van der Waals surface area contributed by atoms with Crippen molar-refractivity contribution in [1.29, 1.82) is 0 Å². The van der Waals surface area contributed by atoms with Crippen LogP contribution in [0.25, 0.3) is 64.3 Å². The van der Waals surface area contributed by atoms with Crippen LogP contribution in [0.15, 0.2) is 131 Å². The predicted molar refractivity (Wildman–Crippen MR) is 157 cm³/mol. The van der Waals surface area contributed by atoms with Crippen LogP contribution < -0.4 is 0 Å². The maximum atomic E-state index is 2.37. The fourth-order valence-corrected chi connectivity index (χ4v) is 7.96. The van der Waals surface area contributed by atoms with Crippen LogP contribution in [0.2, 0.25) is 0 Å². The summed E-state index contributed by atoms with van der Waals surface area (Å²) in [5.74, 6) is 0. The lowest BCUT2D eigenvalue weighted by atomic mass is 9.91. The van der Waals surface area contributed by atoms with Crippen molar-refractivity contribution in [3.63, 3.8) is 0 Å². The molecule has 0 fully saturated rings. The highest BCUT2D eigenvalue weighted by Gasteiger charge is 2.20. The lowest BCUT2D eigenvalue weighted by Gasteiger charge is -2.21. The molecule has 168 valence electrons. The molecule has 0 nitrogen and oxygen atoms in total. The van der Waals surface area contributed by atoms with Crippen LogP contribution in [-0.2, 0) is 0 Å². The first-order chi connectivity index (χ1) is 17.8. The van der Waals surface area contributed by atoms with Crippen molar-refractivity contribution in [3.05, 3.63) is 121 Å². The van der Waals surface area contributed by atoms with E-state index in [0.717, 1.165) is 0 Å². The molecule has 0 unspecified atom stereocenters.